The number of fused-ring (bicyclic) bond motifs is 3. The highest BCUT2D eigenvalue weighted by Gasteiger charge is 2.45. The van der Waals surface area contributed by atoms with Crippen molar-refractivity contribution < 1.29 is 14.2 Å². The van der Waals surface area contributed by atoms with Crippen molar-refractivity contribution in [1.29, 1.82) is 5.26 Å². The Morgan fingerprint density at radius 1 is 1.05 bits per heavy atom. The molecule has 4 fully saturated rings. The zero-order valence-electron chi connectivity index (χ0n) is 24.0. The lowest BCUT2D eigenvalue weighted by atomic mass is 9.86. The second kappa shape index (κ2) is 10.7. The van der Waals surface area contributed by atoms with E-state index in [9.17, 15) is 14.8 Å². The van der Waals surface area contributed by atoms with E-state index in [-0.39, 0.29) is 11.6 Å². The molecule has 4 aromatic heterocycles. The molecule has 44 heavy (non-hydrogen) atoms. The van der Waals surface area contributed by atoms with E-state index in [1.54, 1.807) is 6.20 Å². The standard InChI is InChI=1S/C33H31FN8O2/c34-25-2-3-30(43)22(7-25)15-42-26-8-27(42)17-40(16-26)31-4-1-21(11-36-31)32-23(10-35)12-37-33-28(32)9-29(39-33)24-13-38-41(14-24)6-5-20-18-44-19-20/h1-4,7,9,11-14,20,26-27,43H,5-6,8,15-19H2,(H,37,39). The van der Waals surface area contributed by atoms with Crippen molar-refractivity contribution in [3.8, 4) is 34.2 Å². The number of aromatic nitrogens is 5. The first-order valence-corrected chi connectivity index (χ1v) is 15.0. The Balaban J connectivity index is 1.00. The molecule has 2 N–H and O–H groups in total. The van der Waals surface area contributed by atoms with Crippen molar-refractivity contribution in [2.75, 3.05) is 31.2 Å². The summed E-state index contributed by atoms with van der Waals surface area (Å²) in [5, 5.41) is 25.5. The largest absolute Gasteiger partial charge is 0.508 e. The summed E-state index contributed by atoms with van der Waals surface area (Å²) in [6, 6.07) is 13.1. The fourth-order valence-corrected chi connectivity index (χ4v) is 6.75. The minimum Gasteiger partial charge on any atom is -0.508 e. The van der Waals surface area contributed by atoms with Crippen LogP contribution in [0.2, 0.25) is 0 Å². The van der Waals surface area contributed by atoms with Crippen molar-refractivity contribution in [2.24, 2.45) is 5.92 Å². The Labute approximate surface area is 253 Å². The van der Waals surface area contributed by atoms with E-state index in [1.807, 2.05) is 41.5 Å². The van der Waals surface area contributed by atoms with Crippen LogP contribution in [0.4, 0.5) is 10.2 Å². The fourth-order valence-electron chi connectivity index (χ4n) is 6.75. The lowest BCUT2D eigenvalue weighted by Crippen LogP contribution is -2.68. The van der Waals surface area contributed by atoms with Crippen LogP contribution in [0.25, 0.3) is 33.4 Å². The third-order valence-electron chi connectivity index (χ3n) is 9.30. The van der Waals surface area contributed by atoms with Gasteiger partial charge in [-0.25, -0.2) is 14.4 Å². The second-order valence-electron chi connectivity index (χ2n) is 12.1. The molecular formula is C33H31FN8O2. The average molecular weight is 591 g/mol. The molecule has 0 saturated carbocycles. The summed E-state index contributed by atoms with van der Waals surface area (Å²) >= 11 is 0. The van der Waals surface area contributed by atoms with Crippen LogP contribution in [-0.2, 0) is 17.8 Å². The molecule has 2 bridgehead atoms. The highest BCUT2D eigenvalue weighted by molar-refractivity contribution is 5.98. The van der Waals surface area contributed by atoms with Crippen molar-refractivity contribution in [1.82, 2.24) is 29.6 Å². The first-order chi connectivity index (χ1) is 21.5. The van der Waals surface area contributed by atoms with E-state index in [1.165, 1.54) is 18.2 Å². The summed E-state index contributed by atoms with van der Waals surface area (Å²) in [6.07, 6.45) is 9.46. The van der Waals surface area contributed by atoms with Crippen LogP contribution in [0.1, 0.15) is 24.0 Å². The third kappa shape index (κ3) is 4.76. The lowest BCUT2D eigenvalue weighted by molar-refractivity contribution is -0.0375. The highest BCUT2D eigenvalue weighted by atomic mass is 19.1. The zero-order valence-corrected chi connectivity index (χ0v) is 24.0. The first-order valence-electron chi connectivity index (χ1n) is 15.0. The number of aromatic hydroxyl groups is 1. The van der Waals surface area contributed by atoms with Gasteiger partial charge in [0.2, 0.25) is 0 Å². The van der Waals surface area contributed by atoms with Crippen molar-refractivity contribution in [2.45, 2.75) is 38.0 Å². The lowest BCUT2D eigenvalue weighted by Gasteiger charge is -2.56. The number of piperidine rings is 1. The fraction of sp³-hybridized carbons (Fsp3) is 0.333. The van der Waals surface area contributed by atoms with Crippen LogP contribution in [0, 0.1) is 23.1 Å². The Kier molecular flexibility index (Phi) is 6.54. The van der Waals surface area contributed by atoms with Crippen LogP contribution < -0.4 is 4.90 Å². The van der Waals surface area contributed by atoms with Gasteiger partial charge in [-0.3, -0.25) is 9.58 Å². The van der Waals surface area contributed by atoms with Crippen LogP contribution in [-0.4, -0.2) is 73.1 Å². The number of H-pyrrole nitrogens is 1. The molecule has 0 aliphatic carbocycles. The summed E-state index contributed by atoms with van der Waals surface area (Å²) in [5.41, 5.74) is 5.34. The van der Waals surface area contributed by atoms with Gasteiger partial charge < -0.3 is 19.7 Å². The summed E-state index contributed by atoms with van der Waals surface area (Å²) < 4.78 is 21.0. The number of aromatic amines is 1. The number of nitriles is 1. The third-order valence-corrected chi connectivity index (χ3v) is 9.30. The van der Waals surface area contributed by atoms with Gasteiger partial charge in [-0.05, 0) is 49.2 Å². The van der Waals surface area contributed by atoms with Crippen LogP contribution in [0.3, 0.4) is 0 Å². The van der Waals surface area contributed by atoms with Gasteiger partial charge in [0.05, 0.1) is 30.7 Å². The van der Waals surface area contributed by atoms with Gasteiger partial charge in [0.15, 0.2) is 0 Å². The highest BCUT2D eigenvalue weighted by Crippen LogP contribution is 2.38. The number of hydrogen-bond donors (Lipinski definition) is 2. The van der Waals surface area contributed by atoms with E-state index >= 15 is 0 Å². The molecular weight excluding hydrogens is 559 g/mol. The molecule has 0 radical (unpaired) electrons. The quantitative estimate of drug-likeness (QED) is 0.267. The van der Waals surface area contributed by atoms with Crippen molar-refractivity contribution in [3.05, 3.63) is 78.1 Å². The van der Waals surface area contributed by atoms with Crippen LogP contribution in [0.5, 0.6) is 5.75 Å². The maximum atomic E-state index is 13.7. The number of pyridine rings is 2. The summed E-state index contributed by atoms with van der Waals surface area (Å²) in [6.45, 7) is 4.67. The SMILES string of the molecule is N#Cc1cnc2[nH]c(-c3cnn(CCC4COC4)c3)cc2c1-c1ccc(N2CC3CC(C2)N3Cc2cc(F)ccc2O)nc1. The number of hydrogen-bond acceptors (Lipinski definition) is 8. The van der Waals surface area contributed by atoms with Crippen molar-refractivity contribution in [3.63, 3.8) is 0 Å². The molecule has 4 aliphatic heterocycles. The molecule has 0 spiro atoms. The molecule has 0 amide bonds. The normalized spacial score (nSPS) is 20.0. The number of nitrogens with zero attached hydrogens (tertiary/aromatic N) is 7. The van der Waals surface area contributed by atoms with Gasteiger partial charge in [-0.2, -0.15) is 10.4 Å². The number of piperazine rings is 1. The van der Waals surface area contributed by atoms with Gasteiger partial charge in [0, 0.05) is 90.4 Å². The molecule has 1 aromatic carbocycles. The number of halogens is 1. The minimum absolute atomic E-state index is 0.132. The van der Waals surface area contributed by atoms with Gasteiger partial charge in [-0.1, -0.05) is 0 Å². The van der Waals surface area contributed by atoms with Crippen LogP contribution >= 0.6 is 0 Å². The molecule has 10 nitrogen and oxygen atoms in total. The van der Waals surface area contributed by atoms with Gasteiger partial charge >= 0.3 is 0 Å². The molecule has 2 unspecified atom stereocenters. The summed E-state index contributed by atoms with van der Waals surface area (Å²) in [4.78, 5) is 17.4. The topological polar surface area (TPSA) is 119 Å². The van der Waals surface area contributed by atoms with Gasteiger partial charge in [0.25, 0.3) is 0 Å². The van der Waals surface area contributed by atoms with Crippen molar-refractivity contribution >= 4 is 16.9 Å². The number of rotatable bonds is 8. The Morgan fingerprint density at radius 3 is 2.66 bits per heavy atom. The molecule has 11 heteroatoms. The molecule has 8 heterocycles. The number of anilines is 1. The molecule has 9 rings (SSSR count). The summed E-state index contributed by atoms with van der Waals surface area (Å²) in [5.74, 6) is 1.30. The maximum Gasteiger partial charge on any atom is 0.138 e. The number of ether oxygens (including phenoxy) is 1. The minimum atomic E-state index is -0.335. The van der Waals surface area contributed by atoms with Gasteiger partial charge in [0.1, 0.15) is 29.1 Å². The average Bonchev–Trinajstić information content (AvgIpc) is 3.67. The van der Waals surface area contributed by atoms with E-state index in [2.05, 4.69) is 30.9 Å². The molecule has 2 atom stereocenters. The summed E-state index contributed by atoms with van der Waals surface area (Å²) in [7, 11) is 0. The van der Waals surface area contributed by atoms with E-state index in [0.717, 1.165) is 79.3 Å². The Hall–Kier alpha value is -4.79. The van der Waals surface area contributed by atoms with E-state index in [0.29, 0.717) is 41.3 Å². The predicted octanol–water partition coefficient (Wildman–Crippen LogP) is 4.70. The predicted molar refractivity (Wildman–Crippen MR) is 162 cm³/mol. The smallest absolute Gasteiger partial charge is 0.138 e. The van der Waals surface area contributed by atoms with E-state index in [4.69, 9.17) is 9.72 Å². The Morgan fingerprint density at radius 2 is 1.91 bits per heavy atom. The zero-order chi connectivity index (χ0) is 29.8. The number of benzene rings is 1. The number of nitrogens with one attached hydrogen (secondary N) is 1. The molecule has 4 saturated heterocycles. The van der Waals surface area contributed by atoms with Crippen LogP contribution in [0.15, 0.2) is 61.2 Å². The number of phenols is 1. The maximum absolute atomic E-state index is 13.7. The second-order valence-corrected chi connectivity index (χ2v) is 12.1. The monoisotopic (exact) mass is 590 g/mol. The Bertz CT molecular complexity index is 1880. The molecule has 222 valence electrons. The number of phenolic OH excluding ortho intramolecular Hbond substituents is 1. The van der Waals surface area contributed by atoms with Gasteiger partial charge in [-0.15, -0.1) is 0 Å². The molecule has 5 aromatic rings. The number of aryl methyl sites for hydroxylation is 1. The molecule has 4 aliphatic rings. The van der Waals surface area contributed by atoms with E-state index < -0.39 is 0 Å². The first kappa shape index (κ1) is 26.8.